The number of aliphatic hydroxyl groups excluding tert-OH is 1. The predicted octanol–water partition coefficient (Wildman–Crippen LogP) is 2.33. The number of hydrogen-bond acceptors (Lipinski definition) is 2. The fraction of sp³-hybridized carbons (Fsp3) is 0.533. The number of rotatable bonds is 6. The molecule has 2 N–H and O–H groups in total. The lowest BCUT2D eigenvalue weighted by atomic mass is 10.2. The normalized spacial score (nSPS) is 12.5. The number of nitrogens with one attached hydrogen (secondary N) is 1. The van der Waals surface area contributed by atoms with E-state index in [-0.39, 0.29) is 36.5 Å². The van der Waals surface area contributed by atoms with Gasteiger partial charge in [0, 0.05) is 33.3 Å². The Morgan fingerprint density at radius 3 is 2.55 bits per heavy atom. The minimum atomic E-state index is 0. The molecule has 20 heavy (non-hydrogen) atoms. The SMILES string of the molecule is CCNC(=NCC(C)CO)N(C)Cc1ccccc1.I. The molecule has 0 radical (unpaired) electrons. The molecule has 0 aliphatic rings. The van der Waals surface area contributed by atoms with Gasteiger partial charge in [0.1, 0.15) is 0 Å². The van der Waals surface area contributed by atoms with Gasteiger partial charge in [-0.25, -0.2) is 0 Å². The zero-order valence-electron chi connectivity index (χ0n) is 12.5. The molecule has 0 aromatic heterocycles. The van der Waals surface area contributed by atoms with Crippen molar-refractivity contribution >= 4 is 29.9 Å². The van der Waals surface area contributed by atoms with E-state index in [0.29, 0.717) is 6.54 Å². The molecule has 114 valence electrons. The van der Waals surface area contributed by atoms with Gasteiger partial charge in [-0.3, -0.25) is 4.99 Å². The molecule has 0 saturated heterocycles. The lowest BCUT2D eigenvalue weighted by Gasteiger charge is -2.22. The molecule has 0 heterocycles. The van der Waals surface area contributed by atoms with Crippen molar-refractivity contribution in [3.8, 4) is 0 Å². The Morgan fingerprint density at radius 2 is 2.00 bits per heavy atom. The molecule has 1 rings (SSSR count). The van der Waals surface area contributed by atoms with Crippen molar-refractivity contribution in [3.05, 3.63) is 35.9 Å². The predicted molar refractivity (Wildman–Crippen MR) is 95.6 cm³/mol. The molecule has 0 aliphatic carbocycles. The molecule has 1 atom stereocenters. The molecular formula is C15H26IN3O. The van der Waals surface area contributed by atoms with E-state index in [1.54, 1.807) is 0 Å². The molecular weight excluding hydrogens is 365 g/mol. The topological polar surface area (TPSA) is 47.9 Å². The maximum absolute atomic E-state index is 9.05. The highest BCUT2D eigenvalue weighted by Gasteiger charge is 2.07. The Labute approximate surface area is 139 Å². The Hall–Kier alpha value is -0.820. The van der Waals surface area contributed by atoms with Crippen LogP contribution in [0.2, 0.25) is 0 Å². The third-order valence-corrected chi connectivity index (χ3v) is 2.82. The first-order valence-corrected chi connectivity index (χ1v) is 6.81. The molecule has 0 bridgehead atoms. The molecule has 1 unspecified atom stereocenters. The number of aliphatic hydroxyl groups is 1. The minimum absolute atomic E-state index is 0. The highest BCUT2D eigenvalue weighted by Crippen LogP contribution is 2.03. The highest BCUT2D eigenvalue weighted by atomic mass is 127. The summed E-state index contributed by atoms with van der Waals surface area (Å²) in [5.74, 6) is 1.07. The summed E-state index contributed by atoms with van der Waals surface area (Å²) in [6.45, 7) is 6.51. The van der Waals surface area contributed by atoms with Gasteiger partial charge in [-0.15, -0.1) is 24.0 Å². The van der Waals surface area contributed by atoms with Crippen molar-refractivity contribution in [3.63, 3.8) is 0 Å². The molecule has 0 saturated carbocycles. The second kappa shape index (κ2) is 10.9. The van der Waals surface area contributed by atoms with Gasteiger partial charge in [-0.1, -0.05) is 37.3 Å². The van der Waals surface area contributed by atoms with E-state index < -0.39 is 0 Å². The number of nitrogens with zero attached hydrogens (tertiary/aromatic N) is 2. The van der Waals surface area contributed by atoms with Gasteiger partial charge in [0.15, 0.2) is 5.96 Å². The first kappa shape index (κ1) is 19.2. The highest BCUT2D eigenvalue weighted by molar-refractivity contribution is 14.0. The van der Waals surface area contributed by atoms with Crippen molar-refractivity contribution in [1.82, 2.24) is 10.2 Å². The number of aliphatic imine (C=N–C) groups is 1. The van der Waals surface area contributed by atoms with Crippen molar-refractivity contribution in [1.29, 1.82) is 0 Å². The molecule has 0 amide bonds. The van der Waals surface area contributed by atoms with E-state index in [1.807, 2.05) is 32.2 Å². The third-order valence-electron chi connectivity index (χ3n) is 2.82. The second-order valence-corrected chi connectivity index (χ2v) is 4.82. The first-order valence-electron chi connectivity index (χ1n) is 6.81. The Bertz CT molecular complexity index is 384. The molecule has 5 heteroatoms. The Kier molecular flexibility index (Phi) is 10.5. The van der Waals surface area contributed by atoms with Crippen LogP contribution < -0.4 is 5.32 Å². The first-order chi connectivity index (χ1) is 9.17. The fourth-order valence-electron chi connectivity index (χ4n) is 1.70. The Balaban J connectivity index is 0.00000361. The number of hydrogen-bond donors (Lipinski definition) is 2. The largest absolute Gasteiger partial charge is 0.396 e. The monoisotopic (exact) mass is 391 g/mol. The molecule has 0 aliphatic heterocycles. The quantitative estimate of drug-likeness (QED) is 0.445. The number of halogens is 1. The summed E-state index contributed by atoms with van der Waals surface area (Å²) in [5.41, 5.74) is 1.26. The summed E-state index contributed by atoms with van der Waals surface area (Å²) in [7, 11) is 2.03. The summed E-state index contributed by atoms with van der Waals surface area (Å²) in [4.78, 5) is 6.65. The third kappa shape index (κ3) is 7.09. The van der Waals surface area contributed by atoms with Crippen LogP contribution in [0.1, 0.15) is 19.4 Å². The zero-order valence-corrected chi connectivity index (χ0v) is 14.9. The van der Waals surface area contributed by atoms with E-state index >= 15 is 0 Å². The van der Waals surface area contributed by atoms with Crippen molar-refractivity contribution < 1.29 is 5.11 Å². The van der Waals surface area contributed by atoms with Gasteiger partial charge in [-0.2, -0.15) is 0 Å². The van der Waals surface area contributed by atoms with E-state index in [9.17, 15) is 0 Å². The summed E-state index contributed by atoms with van der Waals surface area (Å²) >= 11 is 0. The zero-order chi connectivity index (χ0) is 14.1. The van der Waals surface area contributed by atoms with Crippen LogP contribution >= 0.6 is 24.0 Å². The summed E-state index contributed by atoms with van der Waals surface area (Å²) in [6.07, 6.45) is 0. The van der Waals surface area contributed by atoms with Gasteiger partial charge in [0.2, 0.25) is 0 Å². The summed E-state index contributed by atoms with van der Waals surface area (Å²) in [5, 5.41) is 12.3. The van der Waals surface area contributed by atoms with Crippen LogP contribution in [0, 0.1) is 5.92 Å². The fourth-order valence-corrected chi connectivity index (χ4v) is 1.70. The van der Waals surface area contributed by atoms with Crippen molar-refractivity contribution in [2.45, 2.75) is 20.4 Å². The average molecular weight is 391 g/mol. The van der Waals surface area contributed by atoms with Gasteiger partial charge in [-0.05, 0) is 18.4 Å². The van der Waals surface area contributed by atoms with Crippen LogP contribution in [-0.4, -0.2) is 42.7 Å². The maximum Gasteiger partial charge on any atom is 0.193 e. The maximum atomic E-state index is 9.05. The van der Waals surface area contributed by atoms with Crippen LogP contribution in [-0.2, 0) is 6.54 Å². The summed E-state index contributed by atoms with van der Waals surface area (Å²) in [6, 6.07) is 10.3. The second-order valence-electron chi connectivity index (χ2n) is 4.82. The Morgan fingerprint density at radius 1 is 1.35 bits per heavy atom. The van der Waals surface area contributed by atoms with Gasteiger partial charge in [0.25, 0.3) is 0 Å². The molecule has 0 fully saturated rings. The standard InChI is InChI=1S/C15H25N3O.HI/c1-4-16-15(17-10-13(2)12-19)18(3)11-14-8-6-5-7-9-14;/h5-9,13,19H,4,10-12H2,1-3H3,(H,16,17);1H. The average Bonchev–Trinajstić information content (AvgIpc) is 2.44. The van der Waals surface area contributed by atoms with Crippen LogP contribution in [0.3, 0.4) is 0 Å². The molecule has 0 spiro atoms. The van der Waals surface area contributed by atoms with Crippen molar-refractivity contribution in [2.24, 2.45) is 10.9 Å². The van der Waals surface area contributed by atoms with E-state index in [1.165, 1.54) is 5.56 Å². The molecule has 4 nitrogen and oxygen atoms in total. The van der Waals surface area contributed by atoms with Gasteiger partial charge in [0.05, 0.1) is 0 Å². The minimum Gasteiger partial charge on any atom is -0.396 e. The number of benzene rings is 1. The van der Waals surface area contributed by atoms with Crippen LogP contribution in [0.4, 0.5) is 0 Å². The molecule has 1 aromatic rings. The van der Waals surface area contributed by atoms with Gasteiger partial charge >= 0.3 is 0 Å². The summed E-state index contributed by atoms with van der Waals surface area (Å²) < 4.78 is 0. The smallest absolute Gasteiger partial charge is 0.193 e. The lowest BCUT2D eigenvalue weighted by molar-refractivity contribution is 0.241. The van der Waals surface area contributed by atoms with Crippen molar-refractivity contribution in [2.75, 3.05) is 26.7 Å². The number of guanidine groups is 1. The van der Waals surface area contributed by atoms with Crippen LogP contribution in [0.15, 0.2) is 35.3 Å². The molecule has 1 aromatic carbocycles. The lowest BCUT2D eigenvalue weighted by Crippen LogP contribution is -2.38. The van der Waals surface area contributed by atoms with E-state index in [2.05, 4.69) is 34.3 Å². The van der Waals surface area contributed by atoms with E-state index in [0.717, 1.165) is 19.0 Å². The van der Waals surface area contributed by atoms with E-state index in [4.69, 9.17) is 5.11 Å². The van der Waals surface area contributed by atoms with Gasteiger partial charge < -0.3 is 15.3 Å². The van der Waals surface area contributed by atoms with Crippen LogP contribution in [0.5, 0.6) is 0 Å². The van der Waals surface area contributed by atoms with Crippen LogP contribution in [0.25, 0.3) is 0 Å².